The Bertz CT molecular complexity index is 1430. The Kier molecular flexibility index (Phi) is 5.18. The molecule has 170 valence electrons. The van der Waals surface area contributed by atoms with E-state index in [1.54, 1.807) is 23.0 Å². The number of rotatable bonds is 6. The van der Waals surface area contributed by atoms with Gasteiger partial charge in [-0.05, 0) is 43.2 Å². The molecule has 1 saturated heterocycles. The fraction of sp³-hybridized carbons (Fsp3) is 0.231. The number of furan rings is 1. The van der Waals surface area contributed by atoms with E-state index in [2.05, 4.69) is 15.1 Å². The minimum Gasteiger partial charge on any atom is -0.477 e. The highest BCUT2D eigenvalue weighted by Gasteiger charge is 2.29. The van der Waals surface area contributed by atoms with E-state index in [0.29, 0.717) is 29.6 Å². The number of nitrogens with zero attached hydrogens (tertiary/aromatic N) is 5. The lowest BCUT2D eigenvalue weighted by molar-refractivity contribution is 0.0713. The van der Waals surface area contributed by atoms with E-state index in [1.807, 2.05) is 59.5 Å². The fourth-order valence-electron chi connectivity index (χ4n) is 4.55. The summed E-state index contributed by atoms with van der Waals surface area (Å²) in [5, 5.41) is 5.66. The molecule has 34 heavy (non-hydrogen) atoms. The maximum absolute atomic E-state index is 12.8. The summed E-state index contributed by atoms with van der Waals surface area (Å²) >= 11 is 0. The van der Waals surface area contributed by atoms with Crippen molar-refractivity contribution in [2.75, 3.05) is 13.2 Å². The summed E-state index contributed by atoms with van der Waals surface area (Å²) < 4.78 is 13.7. The molecular weight excluding hydrogens is 430 g/mol. The molecule has 1 atom stereocenters. The van der Waals surface area contributed by atoms with E-state index >= 15 is 0 Å². The lowest BCUT2D eigenvalue weighted by atomic mass is 10.1. The van der Waals surface area contributed by atoms with Crippen LogP contribution in [-0.4, -0.2) is 49.6 Å². The van der Waals surface area contributed by atoms with Gasteiger partial charge in [-0.3, -0.25) is 9.78 Å². The Morgan fingerprint density at radius 3 is 2.88 bits per heavy atom. The Morgan fingerprint density at radius 2 is 2.00 bits per heavy atom. The molecule has 1 aliphatic heterocycles. The molecule has 0 bridgehead atoms. The van der Waals surface area contributed by atoms with Crippen molar-refractivity contribution in [1.29, 1.82) is 0 Å². The van der Waals surface area contributed by atoms with Crippen molar-refractivity contribution >= 4 is 22.5 Å². The molecule has 1 aliphatic rings. The zero-order chi connectivity index (χ0) is 22.9. The summed E-state index contributed by atoms with van der Waals surface area (Å²) in [7, 11) is 0. The number of aromatic nitrogens is 4. The van der Waals surface area contributed by atoms with E-state index in [-0.39, 0.29) is 11.9 Å². The number of ether oxygens (including phenoxy) is 1. The quantitative estimate of drug-likeness (QED) is 0.373. The summed E-state index contributed by atoms with van der Waals surface area (Å²) in [6.07, 6.45) is 6.09. The molecule has 5 heterocycles. The van der Waals surface area contributed by atoms with E-state index in [4.69, 9.17) is 9.15 Å². The SMILES string of the molecule is O=C(c1ccccn1)N1CCC[C@H]1CCOc1ccc2ncc(-c3cc4ccccc4o3)n2n1. The summed E-state index contributed by atoms with van der Waals surface area (Å²) in [4.78, 5) is 23.4. The van der Waals surface area contributed by atoms with Gasteiger partial charge in [-0.15, -0.1) is 5.10 Å². The van der Waals surface area contributed by atoms with Gasteiger partial charge in [0.25, 0.3) is 5.91 Å². The van der Waals surface area contributed by atoms with Crippen LogP contribution in [0.4, 0.5) is 0 Å². The van der Waals surface area contributed by atoms with Gasteiger partial charge < -0.3 is 14.1 Å². The van der Waals surface area contributed by atoms with Crippen LogP contribution in [0.5, 0.6) is 5.88 Å². The molecule has 1 fully saturated rings. The molecule has 0 aliphatic carbocycles. The van der Waals surface area contributed by atoms with Gasteiger partial charge in [0.15, 0.2) is 11.4 Å². The first-order valence-corrected chi connectivity index (χ1v) is 11.4. The molecule has 0 spiro atoms. The number of fused-ring (bicyclic) bond motifs is 2. The van der Waals surface area contributed by atoms with Crippen molar-refractivity contribution < 1.29 is 13.9 Å². The molecule has 0 unspecified atom stereocenters. The number of amides is 1. The van der Waals surface area contributed by atoms with Gasteiger partial charge in [-0.1, -0.05) is 24.3 Å². The Morgan fingerprint density at radius 1 is 1.09 bits per heavy atom. The molecule has 0 radical (unpaired) electrons. The Labute approximate surface area is 195 Å². The number of hydrogen-bond acceptors (Lipinski definition) is 6. The molecule has 8 heteroatoms. The second-order valence-electron chi connectivity index (χ2n) is 8.38. The molecule has 6 rings (SSSR count). The van der Waals surface area contributed by atoms with E-state index in [1.165, 1.54) is 0 Å². The number of carbonyl (C=O) groups is 1. The van der Waals surface area contributed by atoms with Gasteiger partial charge in [0.2, 0.25) is 5.88 Å². The number of imidazole rings is 1. The normalized spacial score (nSPS) is 15.9. The summed E-state index contributed by atoms with van der Waals surface area (Å²) in [5.74, 6) is 1.19. The summed E-state index contributed by atoms with van der Waals surface area (Å²) in [5.41, 5.74) is 2.78. The largest absolute Gasteiger partial charge is 0.477 e. The van der Waals surface area contributed by atoms with E-state index < -0.39 is 0 Å². The zero-order valence-corrected chi connectivity index (χ0v) is 18.5. The van der Waals surface area contributed by atoms with Crippen molar-refractivity contribution in [3.8, 4) is 17.3 Å². The fourth-order valence-corrected chi connectivity index (χ4v) is 4.55. The van der Waals surface area contributed by atoms with Crippen LogP contribution in [0, 0.1) is 0 Å². The molecule has 1 amide bonds. The highest BCUT2D eigenvalue weighted by Crippen LogP contribution is 2.28. The third-order valence-corrected chi connectivity index (χ3v) is 6.24. The van der Waals surface area contributed by atoms with Crippen LogP contribution in [0.25, 0.3) is 28.1 Å². The Balaban J connectivity index is 1.16. The number of para-hydroxylation sites is 1. The predicted molar refractivity (Wildman–Crippen MR) is 127 cm³/mol. The molecule has 5 aromatic rings. The molecule has 0 N–H and O–H groups in total. The van der Waals surface area contributed by atoms with Gasteiger partial charge in [-0.25, -0.2) is 9.50 Å². The van der Waals surface area contributed by atoms with Gasteiger partial charge in [0.05, 0.1) is 12.8 Å². The van der Waals surface area contributed by atoms with Gasteiger partial charge >= 0.3 is 0 Å². The average molecular weight is 454 g/mol. The molecule has 1 aromatic carbocycles. The van der Waals surface area contributed by atoms with Crippen molar-refractivity contribution in [3.63, 3.8) is 0 Å². The van der Waals surface area contributed by atoms with Crippen LogP contribution in [-0.2, 0) is 0 Å². The second kappa shape index (κ2) is 8.62. The Hall–Kier alpha value is -4.20. The number of benzene rings is 1. The monoisotopic (exact) mass is 453 g/mol. The minimum atomic E-state index is -0.0171. The number of pyridine rings is 1. The average Bonchev–Trinajstić information content (AvgIpc) is 3.61. The predicted octanol–water partition coefficient (Wildman–Crippen LogP) is 4.61. The van der Waals surface area contributed by atoms with E-state index in [0.717, 1.165) is 42.5 Å². The molecular formula is C26H23N5O3. The van der Waals surface area contributed by atoms with Crippen LogP contribution in [0.3, 0.4) is 0 Å². The molecule has 0 saturated carbocycles. The highest BCUT2D eigenvalue weighted by molar-refractivity contribution is 5.92. The van der Waals surface area contributed by atoms with Crippen LogP contribution >= 0.6 is 0 Å². The molecule has 8 nitrogen and oxygen atoms in total. The van der Waals surface area contributed by atoms with Crippen molar-refractivity contribution in [3.05, 3.63) is 78.8 Å². The lowest BCUT2D eigenvalue weighted by Gasteiger charge is -2.24. The topological polar surface area (TPSA) is 85.8 Å². The number of hydrogen-bond donors (Lipinski definition) is 0. The number of carbonyl (C=O) groups excluding carboxylic acids is 1. The van der Waals surface area contributed by atoms with Crippen LogP contribution < -0.4 is 4.74 Å². The lowest BCUT2D eigenvalue weighted by Crippen LogP contribution is -2.36. The van der Waals surface area contributed by atoms with E-state index in [9.17, 15) is 4.79 Å². The summed E-state index contributed by atoms with van der Waals surface area (Å²) in [6.45, 7) is 1.21. The third-order valence-electron chi connectivity index (χ3n) is 6.24. The maximum Gasteiger partial charge on any atom is 0.272 e. The smallest absolute Gasteiger partial charge is 0.272 e. The van der Waals surface area contributed by atoms with Crippen LogP contribution in [0.15, 0.2) is 77.5 Å². The summed E-state index contributed by atoms with van der Waals surface area (Å²) in [6, 6.07) is 19.1. The second-order valence-corrected chi connectivity index (χ2v) is 8.38. The zero-order valence-electron chi connectivity index (χ0n) is 18.5. The maximum atomic E-state index is 12.8. The standard InChI is InChI=1S/C26H23N5O3/c32-26(20-8-3-4-13-27-20)30-14-5-7-19(30)12-15-33-25-11-10-24-28-17-21(31(24)29-25)23-16-18-6-1-2-9-22(18)34-23/h1-4,6,8-11,13,16-17,19H,5,7,12,14-15H2/t19-/m0/s1. The first-order valence-electron chi connectivity index (χ1n) is 11.4. The van der Waals surface area contributed by atoms with Crippen LogP contribution in [0.1, 0.15) is 29.8 Å². The third kappa shape index (κ3) is 3.77. The van der Waals surface area contributed by atoms with Crippen molar-refractivity contribution in [2.24, 2.45) is 0 Å². The highest BCUT2D eigenvalue weighted by atomic mass is 16.5. The van der Waals surface area contributed by atoms with Gasteiger partial charge in [0.1, 0.15) is 17.0 Å². The first-order chi connectivity index (χ1) is 16.8. The van der Waals surface area contributed by atoms with Crippen LogP contribution in [0.2, 0.25) is 0 Å². The van der Waals surface area contributed by atoms with Crippen molar-refractivity contribution in [1.82, 2.24) is 24.5 Å². The number of likely N-dealkylation sites (tertiary alicyclic amines) is 1. The van der Waals surface area contributed by atoms with Gasteiger partial charge in [0, 0.05) is 36.7 Å². The van der Waals surface area contributed by atoms with Gasteiger partial charge in [-0.2, -0.15) is 0 Å². The minimum absolute atomic E-state index is 0.0171. The molecule has 4 aromatic heterocycles. The first kappa shape index (κ1) is 20.4. The van der Waals surface area contributed by atoms with Crippen molar-refractivity contribution in [2.45, 2.75) is 25.3 Å².